The third-order valence-electron chi connectivity index (χ3n) is 5.78. The van der Waals surface area contributed by atoms with Gasteiger partial charge in [-0.15, -0.1) is 11.3 Å². The van der Waals surface area contributed by atoms with Gasteiger partial charge in [0.25, 0.3) is 0 Å². The first-order chi connectivity index (χ1) is 17.8. The van der Waals surface area contributed by atoms with Crippen LogP contribution in [0.5, 0.6) is 5.75 Å². The van der Waals surface area contributed by atoms with Crippen LogP contribution in [0.1, 0.15) is 22.2 Å². The van der Waals surface area contributed by atoms with Crippen molar-refractivity contribution in [1.82, 2.24) is 19.7 Å². The number of benzene rings is 3. The molecule has 37 heavy (non-hydrogen) atoms. The van der Waals surface area contributed by atoms with Crippen molar-refractivity contribution in [3.8, 4) is 5.75 Å². The molecule has 0 aliphatic carbocycles. The molecule has 0 aliphatic rings. The summed E-state index contributed by atoms with van der Waals surface area (Å²) in [6, 6.07) is 16.0. The van der Waals surface area contributed by atoms with E-state index in [4.69, 9.17) is 15.7 Å². The molecule has 2 heterocycles. The minimum atomic E-state index is -4.02. The predicted molar refractivity (Wildman–Crippen MR) is 141 cm³/mol. The SMILES string of the molecule is COc1ccc2nc(C(Cc3cccc(C(N)=NO)c3)NS(=O)(=O)c3ccc4[nH]c(=O)[nH]c4c3)sc2c1. The molecule has 11 nitrogen and oxygen atoms in total. The van der Waals surface area contributed by atoms with Gasteiger partial charge in [0.2, 0.25) is 10.0 Å². The van der Waals surface area contributed by atoms with Gasteiger partial charge in [-0.05, 0) is 54.4 Å². The van der Waals surface area contributed by atoms with E-state index in [0.29, 0.717) is 32.9 Å². The second-order valence-corrected chi connectivity index (χ2v) is 11.0. The van der Waals surface area contributed by atoms with Crippen molar-refractivity contribution in [1.29, 1.82) is 0 Å². The van der Waals surface area contributed by atoms with Gasteiger partial charge in [0.15, 0.2) is 5.84 Å². The number of rotatable bonds is 8. The topological polar surface area (TPSA) is 176 Å². The Morgan fingerprint density at radius 3 is 2.76 bits per heavy atom. The molecule has 2 aromatic heterocycles. The van der Waals surface area contributed by atoms with Gasteiger partial charge in [-0.1, -0.05) is 23.4 Å². The molecule has 0 radical (unpaired) electrons. The lowest BCUT2D eigenvalue weighted by Crippen LogP contribution is -2.30. The van der Waals surface area contributed by atoms with Crippen LogP contribution < -0.4 is 20.9 Å². The van der Waals surface area contributed by atoms with Crippen LogP contribution >= 0.6 is 11.3 Å². The number of methoxy groups -OCH3 is 1. The summed E-state index contributed by atoms with van der Waals surface area (Å²) in [6.07, 6.45) is 0.242. The molecular formula is C24H22N6O5S2. The molecule has 0 bridgehead atoms. The second-order valence-electron chi connectivity index (χ2n) is 8.24. The molecular weight excluding hydrogens is 516 g/mol. The van der Waals surface area contributed by atoms with E-state index < -0.39 is 21.8 Å². The van der Waals surface area contributed by atoms with E-state index in [9.17, 15) is 13.2 Å². The van der Waals surface area contributed by atoms with Gasteiger partial charge in [-0.25, -0.2) is 22.9 Å². The molecule has 3 aromatic carbocycles. The van der Waals surface area contributed by atoms with Gasteiger partial charge in [0.1, 0.15) is 10.8 Å². The van der Waals surface area contributed by atoms with Gasteiger partial charge >= 0.3 is 5.69 Å². The van der Waals surface area contributed by atoms with E-state index in [1.807, 2.05) is 18.2 Å². The highest BCUT2D eigenvalue weighted by Gasteiger charge is 2.25. The Bertz CT molecular complexity index is 1810. The van der Waals surface area contributed by atoms with Crippen molar-refractivity contribution in [2.24, 2.45) is 10.9 Å². The summed E-state index contributed by atoms with van der Waals surface area (Å²) in [4.78, 5) is 21.5. The summed E-state index contributed by atoms with van der Waals surface area (Å²) in [5.74, 6) is 0.611. The summed E-state index contributed by atoms with van der Waals surface area (Å²) in [7, 11) is -2.45. The number of nitrogens with two attached hydrogens (primary N) is 1. The zero-order chi connectivity index (χ0) is 26.2. The molecule has 0 saturated heterocycles. The fraction of sp³-hybridized carbons (Fsp3) is 0.125. The molecule has 1 unspecified atom stereocenters. The Morgan fingerprint density at radius 1 is 1.16 bits per heavy atom. The Kier molecular flexibility index (Phi) is 6.41. The average molecular weight is 539 g/mol. The Balaban J connectivity index is 1.55. The first kappa shape index (κ1) is 24.5. The molecule has 0 spiro atoms. The Labute approximate surface area is 214 Å². The smallest absolute Gasteiger partial charge is 0.323 e. The first-order valence-corrected chi connectivity index (χ1v) is 13.3. The highest BCUT2D eigenvalue weighted by Crippen LogP contribution is 2.32. The summed E-state index contributed by atoms with van der Waals surface area (Å²) in [6.45, 7) is 0. The summed E-state index contributed by atoms with van der Waals surface area (Å²) < 4.78 is 35.9. The standard InChI is InChI=1S/C24H22N6O5S2/c1-35-15-5-7-18-21(11-15)36-23(26-18)20(10-13-3-2-4-14(9-13)22(25)29-32)30-37(33,34)16-6-8-17-19(12-16)28-24(31)27-17/h2-9,11-12,20,30,32H,10H2,1H3,(H2,25,29)(H2,27,28,31). The number of hydrogen-bond donors (Lipinski definition) is 5. The number of aromatic amines is 2. The quantitative estimate of drug-likeness (QED) is 0.0873. The summed E-state index contributed by atoms with van der Waals surface area (Å²) in [5, 5.41) is 12.6. The number of hydrogen-bond acceptors (Lipinski definition) is 8. The number of fused-ring (bicyclic) bond motifs is 2. The van der Waals surface area contributed by atoms with Crippen molar-refractivity contribution >= 4 is 48.4 Å². The maximum absolute atomic E-state index is 13.5. The lowest BCUT2D eigenvalue weighted by Gasteiger charge is -2.17. The molecule has 190 valence electrons. The molecule has 5 rings (SSSR count). The fourth-order valence-corrected chi connectivity index (χ4v) is 6.31. The molecule has 0 aliphatic heterocycles. The van der Waals surface area contributed by atoms with Crippen molar-refractivity contribution in [3.63, 3.8) is 0 Å². The van der Waals surface area contributed by atoms with E-state index in [0.717, 1.165) is 10.3 Å². The number of oxime groups is 1. The molecule has 0 amide bonds. The number of thiazole rings is 1. The van der Waals surface area contributed by atoms with E-state index in [-0.39, 0.29) is 17.2 Å². The van der Waals surface area contributed by atoms with Gasteiger partial charge in [0.05, 0.1) is 39.3 Å². The maximum Gasteiger partial charge on any atom is 0.323 e. The van der Waals surface area contributed by atoms with Gasteiger partial charge in [-0.2, -0.15) is 0 Å². The first-order valence-electron chi connectivity index (χ1n) is 11.0. The van der Waals surface area contributed by atoms with Crippen LogP contribution in [0.4, 0.5) is 0 Å². The molecule has 5 aromatic rings. The van der Waals surface area contributed by atoms with Crippen LogP contribution in [0.3, 0.4) is 0 Å². The maximum atomic E-state index is 13.5. The van der Waals surface area contributed by atoms with Crippen molar-refractivity contribution in [2.75, 3.05) is 7.11 Å². The molecule has 0 fully saturated rings. The predicted octanol–water partition coefficient (Wildman–Crippen LogP) is 2.83. The highest BCUT2D eigenvalue weighted by molar-refractivity contribution is 7.89. The zero-order valence-electron chi connectivity index (χ0n) is 19.4. The van der Waals surface area contributed by atoms with E-state index >= 15 is 0 Å². The lowest BCUT2D eigenvalue weighted by molar-refractivity contribution is 0.318. The van der Waals surface area contributed by atoms with E-state index in [1.54, 1.807) is 31.4 Å². The second kappa shape index (κ2) is 9.69. The fourth-order valence-electron chi connectivity index (χ4n) is 3.96. The number of sulfonamides is 1. The third-order valence-corrected chi connectivity index (χ3v) is 8.38. The molecule has 0 saturated carbocycles. The minimum Gasteiger partial charge on any atom is -0.497 e. The summed E-state index contributed by atoms with van der Waals surface area (Å²) in [5.41, 5.74) is 8.16. The molecule has 1 atom stereocenters. The van der Waals surface area contributed by atoms with Crippen LogP contribution in [0.25, 0.3) is 21.3 Å². The van der Waals surface area contributed by atoms with Crippen LogP contribution in [0.15, 0.2) is 75.5 Å². The number of H-pyrrole nitrogens is 2. The number of nitrogens with zero attached hydrogens (tertiary/aromatic N) is 2. The van der Waals surface area contributed by atoms with Crippen molar-refractivity contribution in [2.45, 2.75) is 17.4 Å². The number of nitrogens with one attached hydrogen (secondary N) is 3. The average Bonchev–Trinajstić information content (AvgIpc) is 3.49. The van der Waals surface area contributed by atoms with E-state index in [1.165, 1.54) is 29.5 Å². The van der Waals surface area contributed by atoms with E-state index in [2.05, 4.69) is 24.8 Å². The number of aromatic nitrogens is 3. The third kappa shape index (κ3) is 5.05. The van der Waals surface area contributed by atoms with Gasteiger partial charge in [-0.3, -0.25) is 0 Å². The Morgan fingerprint density at radius 2 is 1.97 bits per heavy atom. The monoisotopic (exact) mass is 538 g/mol. The molecule has 6 N–H and O–H groups in total. The van der Waals surface area contributed by atoms with Crippen molar-refractivity contribution < 1.29 is 18.4 Å². The number of amidine groups is 1. The minimum absolute atomic E-state index is 0.00607. The number of ether oxygens (including phenoxy) is 1. The largest absolute Gasteiger partial charge is 0.497 e. The van der Waals surface area contributed by atoms with Gasteiger partial charge < -0.3 is 25.6 Å². The van der Waals surface area contributed by atoms with Gasteiger partial charge in [0, 0.05) is 5.56 Å². The van der Waals surface area contributed by atoms with Crippen LogP contribution in [-0.2, 0) is 16.4 Å². The highest BCUT2D eigenvalue weighted by atomic mass is 32.2. The van der Waals surface area contributed by atoms with Crippen LogP contribution in [-0.4, -0.2) is 41.5 Å². The normalized spacial score (nSPS) is 13.3. The van der Waals surface area contributed by atoms with Crippen LogP contribution in [0.2, 0.25) is 0 Å². The summed E-state index contributed by atoms with van der Waals surface area (Å²) >= 11 is 1.35. The molecule has 13 heteroatoms. The Hall–Kier alpha value is -4.20. The van der Waals surface area contributed by atoms with Crippen LogP contribution in [0, 0.1) is 0 Å². The number of imidazole rings is 1. The lowest BCUT2D eigenvalue weighted by atomic mass is 10.0. The van der Waals surface area contributed by atoms with Crippen molar-refractivity contribution in [3.05, 3.63) is 87.3 Å². The zero-order valence-corrected chi connectivity index (χ0v) is 21.1.